The number of ether oxygens (including phenoxy) is 2. The quantitative estimate of drug-likeness (QED) is 0.0428. The van der Waals surface area contributed by atoms with Crippen molar-refractivity contribution in [3.63, 3.8) is 0 Å². The normalized spacial score (nSPS) is 17.6. The van der Waals surface area contributed by atoms with Crippen molar-refractivity contribution in [2.75, 3.05) is 101 Å². The Labute approximate surface area is 359 Å². The van der Waals surface area contributed by atoms with Gasteiger partial charge in [-0.25, -0.2) is 0 Å². The fourth-order valence-corrected chi connectivity index (χ4v) is 10.4. The molecule has 0 bridgehead atoms. The smallest absolute Gasteiger partial charge is 0.264 e. The number of amides is 4. The lowest BCUT2D eigenvalue weighted by Gasteiger charge is -2.36. The Bertz CT molecular complexity index is 2690. The van der Waals surface area contributed by atoms with Crippen molar-refractivity contribution in [2.45, 2.75) is 38.5 Å². The molecule has 0 saturated carbocycles. The molecule has 0 radical (unpaired) electrons. The van der Waals surface area contributed by atoms with E-state index >= 15 is 0 Å². The molecule has 0 atom stereocenters. The van der Waals surface area contributed by atoms with Gasteiger partial charge >= 0.3 is 0 Å². The molecular weight excluding hydrogens is 841 g/mol. The lowest BCUT2D eigenvalue weighted by Crippen LogP contribution is -2.43. The van der Waals surface area contributed by atoms with Gasteiger partial charge in [0, 0.05) is 81.0 Å². The van der Waals surface area contributed by atoms with Crippen LogP contribution in [0.4, 0.5) is 11.4 Å². The van der Waals surface area contributed by atoms with Crippen LogP contribution in [0.15, 0.2) is 36.4 Å². The highest BCUT2D eigenvalue weighted by Crippen LogP contribution is 2.52. The average molecular weight is 889 g/mol. The van der Waals surface area contributed by atoms with Crippen molar-refractivity contribution < 1.29 is 53.9 Å². The summed E-state index contributed by atoms with van der Waals surface area (Å²) in [6.07, 6.45) is 7.88. The number of piperidine rings is 2. The first-order valence-electron chi connectivity index (χ1n) is 21.1. The Morgan fingerprint density at radius 1 is 0.452 bits per heavy atom. The average Bonchev–Trinajstić information content (AvgIpc) is 3.25. The molecule has 328 valence electrons. The second-order valence-electron chi connectivity index (χ2n) is 16.4. The maximum Gasteiger partial charge on any atom is 0.264 e. The zero-order valence-corrected chi connectivity index (χ0v) is 36.3. The molecule has 5 aromatic carbocycles. The lowest BCUT2D eigenvalue weighted by molar-refractivity contribution is 0.0482. The van der Waals surface area contributed by atoms with Gasteiger partial charge in [-0.15, -0.1) is 0 Å². The standard InChI is InChI=1S/C44H48N4O12S2/c1-61(53,54)59-23-21-57-19-17-47-41(49)29-11-9-27-38-34(46-15-7-4-8-16-46)26-32-36-30(42(50)48(44(32)52)18-20-58-22-24-60-62(2,55)56)12-10-28(40(36)38)37-33(45-13-5-3-6-14-45)25-31(43(47)51)35(29)39(27)37/h9-12,25-26H,3-8,13-24H2,1-2H3. The van der Waals surface area contributed by atoms with Gasteiger partial charge in [0.2, 0.25) is 0 Å². The molecule has 0 aromatic heterocycles. The maximum absolute atomic E-state index is 14.6. The van der Waals surface area contributed by atoms with Crippen molar-refractivity contribution in [1.82, 2.24) is 9.80 Å². The van der Waals surface area contributed by atoms with Gasteiger partial charge in [-0.05, 0) is 73.6 Å². The minimum atomic E-state index is -3.64. The third-order valence-electron chi connectivity index (χ3n) is 12.3. The Hall–Kier alpha value is -4.98. The molecule has 0 unspecified atom stereocenters. The van der Waals surface area contributed by atoms with Gasteiger partial charge < -0.3 is 19.3 Å². The van der Waals surface area contributed by atoms with Gasteiger partial charge in [0.25, 0.3) is 43.9 Å². The summed E-state index contributed by atoms with van der Waals surface area (Å²) in [5.74, 6) is -1.82. The van der Waals surface area contributed by atoms with Crippen LogP contribution in [0.3, 0.4) is 0 Å². The highest BCUT2D eigenvalue weighted by molar-refractivity contribution is 7.86. The van der Waals surface area contributed by atoms with E-state index in [9.17, 15) is 36.0 Å². The molecule has 4 amide bonds. The largest absolute Gasteiger partial charge is 0.377 e. The predicted octanol–water partition coefficient (Wildman–Crippen LogP) is 4.90. The summed E-state index contributed by atoms with van der Waals surface area (Å²) >= 11 is 0. The number of carbonyl (C=O) groups excluding carboxylic acids is 4. The van der Waals surface area contributed by atoms with Crippen LogP contribution in [0, 0.1) is 0 Å². The molecule has 5 aromatic rings. The monoisotopic (exact) mass is 888 g/mol. The number of nitrogens with zero attached hydrogens (tertiary/aromatic N) is 4. The summed E-state index contributed by atoms with van der Waals surface area (Å²) in [5.41, 5.74) is 3.26. The number of benzene rings is 5. The Morgan fingerprint density at radius 3 is 1.19 bits per heavy atom. The fourth-order valence-electron chi connectivity index (χ4n) is 9.70. The highest BCUT2D eigenvalue weighted by Gasteiger charge is 2.39. The first-order chi connectivity index (χ1) is 29.7. The fraction of sp³-hybridized carbons (Fsp3) is 0.455. The van der Waals surface area contributed by atoms with E-state index in [1.54, 1.807) is 12.1 Å². The molecule has 18 heteroatoms. The van der Waals surface area contributed by atoms with Crippen LogP contribution >= 0.6 is 0 Å². The van der Waals surface area contributed by atoms with Crippen LogP contribution in [0.25, 0.3) is 43.1 Å². The van der Waals surface area contributed by atoms with Gasteiger partial charge in [-0.3, -0.25) is 37.3 Å². The zero-order valence-electron chi connectivity index (χ0n) is 34.7. The van der Waals surface area contributed by atoms with Crippen molar-refractivity contribution >= 4 is 98.3 Å². The molecule has 0 N–H and O–H groups in total. The lowest BCUT2D eigenvalue weighted by atomic mass is 9.80. The summed E-state index contributed by atoms with van der Waals surface area (Å²) < 4.78 is 66.2. The zero-order chi connectivity index (χ0) is 43.5. The topological polar surface area (TPSA) is 186 Å². The van der Waals surface area contributed by atoms with Crippen LogP contribution in [-0.2, 0) is 38.1 Å². The van der Waals surface area contributed by atoms with Gasteiger partial charge in [0.05, 0.1) is 76.4 Å². The molecular formula is C44H48N4O12S2. The van der Waals surface area contributed by atoms with E-state index in [1.807, 2.05) is 24.3 Å². The van der Waals surface area contributed by atoms with E-state index in [0.29, 0.717) is 33.0 Å². The van der Waals surface area contributed by atoms with Crippen molar-refractivity contribution in [3.8, 4) is 0 Å². The van der Waals surface area contributed by atoms with Crippen LogP contribution in [0.1, 0.15) is 80.0 Å². The van der Waals surface area contributed by atoms with Crippen LogP contribution in [0.2, 0.25) is 0 Å². The van der Waals surface area contributed by atoms with Crippen molar-refractivity contribution in [1.29, 1.82) is 0 Å². The Morgan fingerprint density at radius 2 is 0.823 bits per heavy atom. The third kappa shape index (κ3) is 7.63. The van der Waals surface area contributed by atoms with E-state index in [0.717, 1.165) is 121 Å². The third-order valence-corrected chi connectivity index (χ3v) is 13.5. The molecule has 4 aliphatic rings. The number of carbonyl (C=O) groups is 4. The van der Waals surface area contributed by atoms with Crippen molar-refractivity contribution in [2.24, 2.45) is 0 Å². The van der Waals surface area contributed by atoms with Crippen LogP contribution < -0.4 is 9.80 Å². The van der Waals surface area contributed by atoms with E-state index < -0.39 is 43.9 Å². The van der Waals surface area contributed by atoms with Crippen LogP contribution in [-0.4, -0.2) is 142 Å². The predicted molar refractivity (Wildman–Crippen MR) is 234 cm³/mol. The van der Waals surface area contributed by atoms with Crippen molar-refractivity contribution in [3.05, 3.63) is 58.7 Å². The molecule has 2 fully saturated rings. The number of rotatable bonds is 16. The summed E-state index contributed by atoms with van der Waals surface area (Å²) in [6.45, 7) is 2.46. The van der Waals surface area contributed by atoms with E-state index in [2.05, 4.69) is 9.80 Å². The molecule has 62 heavy (non-hydrogen) atoms. The van der Waals surface area contributed by atoms with Gasteiger partial charge in [-0.1, -0.05) is 12.1 Å². The molecule has 4 heterocycles. The Balaban J connectivity index is 1.20. The SMILES string of the molecule is CS(=O)(=O)OCCOCCN1C(=O)c2ccc3c4c(N5CCCCC5)cc5c6c(ccc(c7c(N8CCCCC8)cc(c2c37)C1=O)c64)C(=O)N(CCOCCOS(C)(=O)=O)C5=O. The molecule has 4 aliphatic heterocycles. The Kier molecular flexibility index (Phi) is 11.3. The van der Waals surface area contributed by atoms with Gasteiger partial charge in [0.1, 0.15) is 0 Å². The first-order valence-corrected chi connectivity index (χ1v) is 24.7. The highest BCUT2D eigenvalue weighted by atomic mass is 32.2. The number of imide groups is 2. The summed E-state index contributed by atoms with van der Waals surface area (Å²) in [7, 11) is -7.28. The minimum absolute atomic E-state index is 0.0142. The number of hydrogen-bond acceptors (Lipinski definition) is 14. The second kappa shape index (κ2) is 16.6. The molecule has 16 nitrogen and oxygen atoms in total. The summed E-state index contributed by atoms with van der Waals surface area (Å²) in [5, 5.41) is 6.08. The summed E-state index contributed by atoms with van der Waals surface area (Å²) in [4.78, 5) is 64.8. The van der Waals surface area contributed by atoms with E-state index in [4.69, 9.17) is 17.8 Å². The number of anilines is 2. The number of hydrogen-bond donors (Lipinski definition) is 0. The first kappa shape index (κ1) is 42.3. The number of fused-ring (bicyclic) bond motifs is 2. The van der Waals surface area contributed by atoms with E-state index in [1.165, 1.54) is 9.80 Å². The van der Waals surface area contributed by atoms with Crippen LogP contribution in [0.5, 0.6) is 0 Å². The second-order valence-corrected chi connectivity index (χ2v) is 19.6. The molecule has 0 spiro atoms. The molecule has 9 rings (SSSR count). The summed E-state index contributed by atoms with van der Waals surface area (Å²) in [6, 6.07) is 11.2. The van der Waals surface area contributed by atoms with Gasteiger partial charge in [-0.2, -0.15) is 16.8 Å². The maximum atomic E-state index is 14.6. The minimum Gasteiger partial charge on any atom is -0.377 e. The molecule has 0 aliphatic carbocycles. The molecule has 2 saturated heterocycles. The van der Waals surface area contributed by atoms with E-state index in [-0.39, 0.29) is 52.7 Å². The van der Waals surface area contributed by atoms with Gasteiger partial charge in [0.15, 0.2) is 0 Å².